The van der Waals surface area contributed by atoms with Crippen LogP contribution in [0.15, 0.2) is 0 Å². The summed E-state index contributed by atoms with van der Waals surface area (Å²) in [6, 6.07) is 0. The molecule has 0 N–H and O–H groups in total. The SMILES string of the molecule is [Cd+2].[N-]=C=S.[N-]=C=S. The number of rotatable bonds is 0. The Balaban J connectivity index is -0.0000000400. The molecule has 5 heteroatoms. The first-order chi connectivity index (χ1) is 2.83. The van der Waals surface area contributed by atoms with Gasteiger partial charge in [-0.2, -0.15) is 10.3 Å². The van der Waals surface area contributed by atoms with E-state index in [4.69, 9.17) is 10.8 Å². The molecule has 0 saturated carbocycles. The summed E-state index contributed by atoms with van der Waals surface area (Å²) < 4.78 is 0. The molecule has 0 aliphatic heterocycles. The topological polar surface area (TPSA) is 44.6 Å². The Morgan fingerprint density at radius 2 is 1.00 bits per heavy atom. The van der Waals surface area contributed by atoms with Crippen molar-refractivity contribution >= 4 is 34.8 Å². The minimum absolute atomic E-state index is 0. The first-order valence-electron chi connectivity index (χ1n) is 0.855. The van der Waals surface area contributed by atoms with Gasteiger partial charge in [0.1, 0.15) is 0 Å². The Labute approximate surface area is 72.5 Å². The van der Waals surface area contributed by atoms with Gasteiger partial charge >= 0.3 is 27.3 Å². The fourth-order valence-corrected chi connectivity index (χ4v) is 0. The molecule has 0 aliphatic rings. The number of isothiocyanates is 2. The van der Waals surface area contributed by atoms with Gasteiger partial charge in [0, 0.05) is 0 Å². The van der Waals surface area contributed by atoms with E-state index in [1.165, 1.54) is 10.3 Å². The molecule has 0 bridgehead atoms. The maximum absolute atomic E-state index is 7.13. The normalized spacial score (nSPS) is 2.29. The van der Waals surface area contributed by atoms with Gasteiger partial charge in [-0.3, -0.25) is 0 Å². The van der Waals surface area contributed by atoms with Gasteiger partial charge in [-0.15, -0.1) is 0 Å². The van der Waals surface area contributed by atoms with E-state index in [2.05, 4.69) is 24.4 Å². The van der Waals surface area contributed by atoms with Crippen LogP contribution in [0.3, 0.4) is 0 Å². The zero-order chi connectivity index (χ0) is 5.41. The van der Waals surface area contributed by atoms with Crippen LogP contribution in [0.5, 0.6) is 0 Å². The minimum Gasteiger partial charge on any atom is -0.753 e. The number of hydrogen-bond acceptors (Lipinski definition) is 2. The van der Waals surface area contributed by atoms with E-state index in [9.17, 15) is 0 Å². The molecule has 0 saturated heterocycles. The Bertz CT molecular complexity index is 67.7. The van der Waals surface area contributed by atoms with Gasteiger partial charge in [-0.25, -0.2) is 0 Å². The Morgan fingerprint density at radius 3 is 1.00 bits per heavy atom. The van der Waals surface area contributed by atoms with Crippen LogP contribution in [0, 0.1) is 0 Å². The molecule has 0 aromatic heterocycles. The number of thiocarbonyl (C=S) groups is 2. The predicted octanol–water partition coefficient (Wildman–Crippen LogP) is 1.31. The molecule has 2 nitrogen and oxygen atoms in total. The Kier molecular flexibility index (Phi) is 69.9. The second kappa shape index (κ2) is 31.3. The fourth-order valence-electron chi connectivity index (χ4n) is 0. The molecule has 0 amide bonds. The number of hydrogen-bond donors (Lipinski definition) is 0. The predicted molar refractivity (Wildman–Crippen MR) is 31.9 cm³/mol. The molecule has 32 valence electrons. The van der Waals surface area contributed by atoms with E-state index in [-0.39, 0.29) is 27.3 Å². The van der Waals surface area contributed by atoms with Crippen molar-refractivity contribution in [3.8, 4) is 0 Å². The summed E-state index contributed by atoms with van der Waals surface area (Å²) in [6.07, 6.45) is 0. The van der Waals surface area contributed by atoms with Crippen LogP contribution in [-0.2, 0) is 27.3 Å². The molecule has 0 heterocycles. The molecular formula is C2CdN2S2. The van der Waals surface area contributed by atoms with Crippen LogP contribution in [0.25, 0.3) is 10.8 Å². The molecule has 7 heavy (non-hydrogen) atoms. The van der Waals surface area contributed by atoms with E-state index in [1.807, 2.05) is 0 Å². The van der Waals surface area contributed by atoms with Crippen LogP contribution in [0.4, 0.5) is 0 Å². The maximum Gasteiger partial charge on any atom is 2.00 e. The molecule has 0 aromatic rings. The van der Waals surface area contributed by atoms with Gasteiger partial charge in [-0.05, 0) is 0 Å². The minimum atomic E-state index is 0. The Hall–Kier alpha value is 0.522. The van der Waals surface area contributed by atoms with Crippen molar-refractivity contribution in [2.24, 2.45) is 0 Å². The van der Waals surface area contributed by atoms with Crippen LogP contribution in [0.1, 0.15) is 0 Å². The fraction of sp³-hybridized carbons (Fsp3) is 0. The van der Waals surface area contributed by atoms with Crippen molar-refractivity contribution < 1.29 is 27.3 Å². The van der Waals surface area contributed by atoms with Gasteiger partial charge in [-0.1, -0.05) is 24.4 Å². The third-order valence-corrected chi connectivity index (χ3v) is 0. The summed E-state index contributed by atoms with van der Waals surface area (Å²) in [6.45, 7) is 0. The van der Waals surface area contributed by atoms with E-state index < -0.39 is 0 Å². The average Bonchev–Trinajstić information content (AvgIpc) is 1.39. The van der Waals surface area contributed by atoms with Gasteiger partial charge in [0.2, 0.25) is 0 Å². The summed E-state index contributed by atoms with van der Waals surface area (Å²) in [5.41, 5.74) is 0. The summed E-state index contributed by atoms with van der Waals surface area (Å²) in [5.74, 6) is 0. The summed E-state index contributed by atoms with van der Waals surface area (Å²) in [4.78, 5) is 0. The third kappa shape index (κ3) is 489. The molecule has 0 unspecified atom stereocenters. The van der Waals surface area contributed by atoms with Crippen molar-refractivity contribution in [1.29, 1.82) is 0 Å². The summed E-state index contributed by atoms with van der Waals surface area (Å²) in [5, 5.41) is 16.9. The second-order valence-electron chi connectivity index (χ2n) is 0.183. The standard InChI is InChI=1S/2CNS.Cd/c2*2-1-3;/q2*-1;+2. The van der Waals surface area contributed by atoms with Gasteiger partial charge in [0.25, 0.3) is 0 Å². The monoisotopic (exact) mass is 230 g/mol. The van der Waals surface area contributed by atoms with Crippen molar-refractivity contribution in [3.63, 3.8) is 0 Å². The number of nitrogens with zero attached hydrogens (tertiary/aromatic N) is 2. The molecule has 0 aromatic carbocycles. The zero-order valence-corrected chi connectivity index (χ0v) is 9.09. The van der Waals surface area contributed by atoms with Gasteiger partial charge in [0.15, 0.2) is 0 Å². The van der Waals surface area contributed by atoms with E-state index in [1.54, 1.807) is 0 Å². The zero-order valence-electron chi connectivity index (χ0n) is 3.42. The van der Waals surface area contributed by atoms with Crippen LogP contribution in [0.2, 0.25) is 0 Å². The molecule has 0 rings (SSSR count). The van der Waals surface area contributed by atoms with Gasteiger partial charge < -0.3 is 10.8 Å². The first-order valence-corrected chi connectivity index (χ1v) is 1.67. The van der Waals surface area contributed by atoms with Crippen LogP contribution >= 0.6 is 24.4 Å². The summed E-state index contributed by atoms with van der Waals surface area (Å²) >= 11 is 7.40. The first kappa shape index (κ1) is 15.6. The summed E-state index contributed by atoms with van der Waals surface area (Å²) in [7, 11) is 0. The van der Waals surface area contributed by atoms with Crippen LogP contribution < -0.4 is 0 Å². The van der Waals surface area contributed by atoms with E-state index >= 15 is 0 Å². The van der Waals surface area contributed by atoms with E-state index in [0.29, 0.717) is 0 Å². The molecule has 0 atom stereocenters. The maximum atomic E-state index is 7.13. The molecular weight excluding hydrogens is 229 g/mol. The average molecular weight is 229 g/mol. The Morgan fingerprint density at radius 1 is 1.00 bits per heavy atom. The quantitative estimate of drug-likeness (QED) is 0.357. The third-order valence-electron chi connectivity index (χ3n) is 0. The van der Waals surface area contributed by atoms with Crippen molar-refractivity contribution in [2.45, 2.75) is 0 Å². The van der Waals surface area contributed by atoms with Crippen LogP contribution in [-0.4, -0.2) is 10.3 Å². The van der Waals surface area contributed by atoms with E-state index in [0.717, 1.165) is 0 Å². The molecule has 0 spiro atoms. The largest absolute Gasteiger partial charge is 2.00 e. The smallest absolute Gasteiger partial charge is 0.753 e. The molecule has 0 fully saturated rings. The molecule has 0 aliphatic carbocycles. The van der Waals surface area contributed by atoms with Crippen molar-refractivity contribution in [1.82, 2.24) is 0 Å². The van der Waals surface area contributed by atoms with Crippen molar-refractivity contribution in [3.05, 3.63) is 10.8 Å². The van der Waals surface area contributed by atoms with Gasteiger partial charge in [0.05, 0.1) is 0 Å². The second-order valence-corrected chi connectivity index (χ2v) is 0.548. The molecule has 0 radical (unpaired) electrons. The van der Waals surface area contributed by atoms with Crippen molar-refractivity contribution in [2.75, 3.05) is 0 Å².